The van der Waals surface area contributed by atoms with Crippen molar-refractivity contribution in [2.45, 2.75) is 44.7 Å². The molecule has 1 fully saturated rings. The molecule has 176 valence electrons. The topological polar surface area (TPSA) is 85.5 Å². The first-order valence-electron chi connectivity index (χ1n) is 11.2. The Morgan fingerprint density at radius 2 is 1.88 bits per heavy atom. The molecule has 10 heteroatoms. The molecule has 1 saturated carbocycles. The van der Waals surface area contributed by atoms with E-state index < -0.39 is 6.55 Å². The second kappa shape index (κ2) is 9.42. The van der Waals surface area contributed by atoms with E-state index in [0.29, 0.717) is 32.6 Å². The van der Waals surface area contributed by atoms with E-state index >= 15 is 0 Å². The van der Waals surface area contributed by atoms with Crippen molar-refractivity contribution in [1.82, 2.24) is 19.4 Å². The second-order valence-corrected chi connectivity index (χ2v) is 8.81. The highest BCUT2D eigenvalue weighted by atomic mass is 35.5. The zero-order valence-corrected chi connectivity index (χ0v) is 19.1. The number of rotatable bonds is 6. The van der Waals surface area contributed by atoms with Crippen molar-refractivity contribution < 1.29 is 8.78 Å². The van der Waals surface area contributed by atoms with Gasteiger partial charge < -0.3 is 11.1 Å². The maximum Gasteiger partial charge on any atom is 0.333 e. The summed E-state index contributed by atoms with van der Waals surface area (Å²) in [6, 6.07) is 9.43. The van der Waals surface area contributed by atoms with Crippen LogP contribution in [-0.4, -0.2) is 31.3 Å². The van der Waals surface area contributed by atoms with Crippen LogP contribution in [0.15, 0.2) is 60.1 Å². The number of halogens is 3. The van der Waals surface area contributed by atoms with E-state index in [2.05, 4.69) is 20.5 Å². The monoisotopic (exact) mass is 483 g/mol. The van der Waals surface area contributed by atoms with Crippen LogP contribution in [0.4, 0.5) is 20.2 Å². The average Bonchev–Trinajstić information content (AvgIpc) is 3.49. The number of nitrogens with zero attached hydrogens (tertiary/aromatic N) is 5. The largest absolute Gasteiger partial charge is 0.383 e. The molecule has 7 nitrogen and oxygen atoms in total. The summed E-state index contributed by atoms with van der Waals surface area (Å²) in [7, 11) is 0. The lowest BCUT2D eigenvalue weighted by Crippen LogP contribution is -2.25. The fraction of sp³-hybridized carbons (Fsp3) is 0.292. The number of anilines is 1. The third-order valence-electron chi connectivity index (χ3n) is 6.09. The Hall–Kier alpha value is -3.46. The van der Waals surface area contributed by atoms with E-state index in [0.717, 1.165) is 42.5 Å². The van der Waals surface area contributed by atoms with Gasteiger partial charge in [0.1, 0.15) is 5.84 Å². The maximum absolute atomic E-state index is 13.0. The Labute approximate surface area is 200 Å². The van der Waals surface area contributed by atoms with Crippen LogP contribution in [0.5, 0.6) is 0 Å². The van der Waals surface area contributed by atoms with Crippen molar-refractivity contribution in [2.24, 2.45) is 10.7 Å². The third kappa shape index (κ3) is 4.48. The molecule has 3 heterocycles. The smallest absolute Gasteiger partial charge is 0.333 e. The number of alkyl halides is 2. The number of amidine groups is 1. The fourth-order valence-electron chi connectivity index (χ4n) is 4.34. The number of hydrogen-bond acceptors (Lipinski definition) is 4. The van der Waals surface area contributed by atoms with Gasteiger partial charge in [0.2, 0.25) is 0 Å². The van der Waals surface area contributed by atoms with Crippen molar-refractivity contribution in [1.29, 1.82) is 0 Å². The van der Waals surface area contributed by atoms with Crippen molar-refractivity contribution in [2.75, 3.05) is 5.32 Å². The summed E-state index contributed by atoms with van der Waals surface area (Å²) in [5.74, 6) is 0.287. The van der Waals surface area contributed by atoms with Crippen molar-refractivity contribution in [3.63, 3.8) is 0 Å². The number of nitrogens with two attached hydrogens (primary N) is 1. The second-order valence-electron chi connectivity index (χ2n) is 8.41. The number of nitrogens with one attached hydrogen (secondary N) is 1. The van der Waals surface area contributed by atoms with Crippen LogP contribution >= 0.6 is 11.6 Å². The number of benzene rings is 1. The zero-order valence-electron chi connectivity index (χ0n) is 18.3. The van der Waals surface area contributed by atoms with Crippen molar-refractivity contribution in [3.05, 3.63) is 65.7 Å². The van der Waals surface area contributed by atoms with Gasteiger partial charge >= 0.3 is 6.55 Å². The van der Waals surface area contributed by atoms with Gasteiger partial charge in [0.15, 0.2) is 0 Å². The van der Waals surface area contributed by atoms with E-state index in [9.17, 15) is 8.78 Å². The van der Waals surface area contributed by atoms with Crippen LogP contribution < -0.4 is 11.1 Å². The van der Waals surface area contributed by atoms with Gasteiger partial charge in [-0.05, 0) is 31.0 Å². The number of aromatic nitrogens is 4. The molecule has 0 saturated heterocycles. The van der Waals surface area contributed by atoms with Gasteiger partial charge in [0.25, 0.3) is 0 Å². The molecule has 0 spiro atoms. The molecule has 0 bridgehead atoms. The molecule has 3 N–H and O–H groups in total. The highest BCUT2D eigenvalue weighted by molar-refractivity contribution is 6.33. The molecule has 1 aromatic carbocycles. The average molecular weight is 484 g/mol. The third-order valence-corrected chi connectivity index (χ3v) is 6.41. The lowest BCUT2D eigenvalue weighted by atomic mass is 9.95. The molecule has 0 amide bonds. The van der Waals surface area contributed by atoms with Gasteiger partial charge in [0, 0.05) is 29.6 Å². The lowest BCUT2D eigenvalue weighted by molar-refractivity contribution is 0.0566. The Balaban J connectivity index is 1.60. The molecule has 1 aliphatic carbocycles. The number of aliphatic imine (C=N–C) groups is 1. The zero-order chi connectivity index (χ0) is 23.7. The van der Waals surface area contributed by atoms with Gasteiger partial charge in [0.05, 0.1) is 39.9 Å². The number of fused-ring (bicyclic) bond motifs is 1. The van der Waals surface area contributed by atoms with Crippen molar-refractivity contribution in [3.8, 4) is 11.1 Å². The molecule has 5 rings (SSSR count). The minimum Gasteiger partial charge on any atom is -0.383 e. The van der Waals surface area contributed by atoms with E-state index in [1.807, 2.05) is 18.2 Å². The van der Waals surface area contributed by atoms with Crippen LogP contribution in [-0.2, 0) is 0 Å². The van der Waals surface area contributed by atoms with Gasteiger partial charge in [-0.2, -0.15) is 19.0 Å². The summed E-state index contributed by atoms with van der Waals surface area (Å²) < 4.78 is 28.4. The summed E-state index contributed by atoms with van der Waals surface area (Å²) in [4.78, 5) is 4.55. The van der Waals surface area contributed by atoms with Crippen LogP contribution in [0.25, 0.3) is 16.6 Å². The first kappa shape index (κ1) is 22.3. The Kier molecular flexibility index (Phi) is 6.19. The highest BCUT2D eigenvalue weighted by Gasteiger charge is 2.20. The Bertz CT molecular complexity index is 1340. The molecule has 0 atom stereocenters. The summed E-state index contributed by atoms with van der Waals surface area (Å²) in [5.41, 5.74) is 10.6. The summed E-state index contributed by atoms with van der Waals surface area (Å²) in [5, 5.41) is 12.4. The quantitative estimate of drug-likeness (QED) is 0.259. The number of hydrogen-bond donors (Lipinski definition) is 2. The summed E-state index contributed by atoms with van der Waals surface area (Å²) >= 11 is 6.28. The molecule has 3 aromatic heterocycles. The standard InChI is InChI=1S/C24H24ClF2N7/c25-19-8-4-5-9-20(19)32-23(28)18-12-30-33-13-15(16-11-29-34(14-16)24(26)27)10-21(33)22(18)31-17-6-2-1-3-7-17/h4-5,8-14,17,24,31H,1-3,6-7H2,(H2,28,32). The summed E-state index contributed by atoms with van der Waals surface area (Å²) in [6.45, 7) is -2.69. The summed E-state index contributed by atoms with van der Waals surface area (Å²) in [6.07, 6.45) is 11.9. The number of para-hydroxylation sites is 1. The predicted molar refractivity (Wildman–Crippen MR) is 130 cm³/mol. The molecule has 0 unspecified atom stereocenters. The minimum absolute atomic E-state index is 0.287. The molecule has 0 aliphatic heterocycles. The molecule has 34 heavy (non-hydrogen) atoms. The van der Waals surface area contributed by atoms with E-state index in [1.54, 1.807) is 29.0 Å². The van der Waals surface area contributed by atoms with Gasteiger partial charge in [-0.25, -0.2) is 14.2 Å². The van der Waals surface area contributed by atoms with E-state index in [-0.39, 0.29) is 5.84 Å². The highest BCUT2D eigenvalue weighted by Crippen LogP contribution is 2.32. The Morgan fingerprint density at radius 3 is 2.62 bits per heavy atom. The molecular formula is C24H24ClF2N7. The fourth-order valence-corrected chi connectivity index (χ4v) is 4.52. The van der Waals surface area contributed by atoms with Crippen LogP contribution in [0.2, 0.25) is 5.02 Å². The Morgan fingerprint density at radius 1 is 1.09 bits per heavy atom. The van der Waals surface area contributed by atoms with Crippen molar-refractivity contribution >= 4 is 34.3 Å². The first-order chi connectivity index (χ1) is 16.5. The predicted octanol–water partition coefficient (Wildman–Crippen LogP) is 6.03. The van der Waals surface area contributed by atoms with Gasteiger partial charge in [-0.15, -0.1) is 0 Å². The SMILES string of the molecule is NC(=Nc1ccccc1Cl)c1cnn2cc(-c3cnn(C(F)F)c3)cc2c1NC1CCCCC1. The molecular weight excluding hydrogens is 460 g/mol. The van der Waals surface area contributed by atoms with Gasteiger partial charge in [-0.1, -0.05) is 43.0 Å². The molecule has 0 radical (unpaired) electrons. The van der Waals surface area contributed by atoms with Gasteiger partial charge in [-0.3, -0.25) is 0 Å². The minimum atomic E-state index is -2.69. The molecule has 4 aromatic rings. The normalized spacial score (nSPS) is 15.4. The van der Waals surface area contributed by atoms with Crippen LogP contribution in [0, 0.1) is 0 Å². The van der Waals surface area contributed by atoms with E-state index in [4.69, 9.17) is 17.3 Å². The lowest BCUT2D eigenvalue weighted by Gasteiger charge is -2.25. The molecule has 1 aliphatic rings. The maximum atomic E-state index is 13.0. The van der Waals surface area contributed by atoms with E-state index in [1.165, 1.54) is 18.8 Å². The van der Waals surface area contributed by atoms with Crippen LogP contribution in [0.1, 0.15) is 44.2 Å². The van der Waals surface area contributed by atoms with Crippen LogP contribution in [0.3, 0.4) is 0 Å². The first-order valence-corrected chi connectivity index (χ1v) is 11.6.